The van der Waals surface area contributed by atoms with Gasteiger partial charge in [0.1, 0.15) is 11.4 Å². The lowest BCUT2D eigenvalue weighted by Gasteiger charge is -2.47. The summed E-state index contributed by atoms with van der Waals surface area (Å²) in [5.41, 5.74) is 1.03. The van der Waals surface area contributed by atoms with Crippen molar-refractivity contribution in [2.75, 3.05) is 39.9 Å². The zero-order valence-corrected chi connectivity index (χ0v) is 15.8. The molecule has 1 atom stereocenters. The molecule has 1 unspecified atom stereocenters. The molecule has 0 aromatic heterocycles. The van der Waals surface area contributed by atoms with Crippen LogP contribution in [0.1, 0.15) is 37.7 Å². The maximum atomic E-state index is 12.5. The number of para-hydroxylation sites is 1. The molecule has 1 aromatic carbocycles. The van der Waals surface area contributed by atoms with Crippen LogP contribution in [0.4, 0.5) is 0 Å². The van der Waals surface area contributed by atoms with E-state index >= 15 is 0 Å². The Hall–Kier alpha value is -1.59. The molecule has 5 nitrogen and oxygen atoms in total. The second-order valence-electron chi connectivity index (χ2n) is 8.01. The summed E-state index contributed by atoms with van der Waals surface area (Å²) in [5.74, 6) is 1.09. The molecule has 3 saturated heterocycles. The molecule has 0 N–H and O–H groups in total. The number of amides is 1. The number of hydrogen-bond acceptors (Lipinski definition) is 4. The van der Waals surface area contributed by atoms with E-state index < -0.39 is 0 Å². The normalized spacial score (nSPS) is 25.3. The van der Waals surface area contributed by atoms with Crippen LogP contribution in [0.25, 0.3) is 0 Å². The number of likely N-dealkylation sites (tertiary alicyclic amines) is 2. The Labute approximate surface area is 156 Å². The Kier molecular flexibility index (Phi) is 5.18. The van der Waals surface area contributed by atoms with Crippen molar-refractivity contribution in [3.05, 3.63) is 29.8 Å². The van der Waals surface area contributed by atoms with E-state index in [0.29, 0.717) is 12.5 Å². The second kappa shape index (κ2) is 7.57. The van der Waals surface area contributed by atoms with Crippen LogP contribution in [0.15, 0.2) is 24.3 Å². The number of nitrogens with zero attached hydrogens (tertiary/aromatic N) is 2. The molecular weight excluding hydrogens is 328 g/mol. The van der Waals surface area contributed by atoms with Gasteiger partial charge in [0.25, 0.3) is 0 Å². The van der Waals surface area contributed by atoms with Gasteiger partial charge in [0.2, 0.25) is 5.91 Å². The van der Waals surface area contributed by atoms with Crippen molar-refractivity contribution in [2.24, 2.45) is 0 Å². The van der Waals surface area contributed by atoms with Crippen LogP contribution in [0.2, 0.25) is 0 Å². The number of piperidine rings is 1. The molecule has 0 aliphatic carbocycles. The fourth-order valence-corrected chi connectivity index (χ4v) is 4.69. The smallest absolute Gasteiger partial charge is 0.223 e. The maximum Gasteiger partial charge on any atom is 0.223 e. The number of aryl methyl sites for hydroxylation is 1. The highest BCUT2D eigenvalue weighted by Gasteiger charge is 2.52. The molecule has 26 heavy (non-hydrogen) atoms. The van der Waals surface area contributed by atoms with Gasteiger partial charge in [-0.15, -0.1) is 0 Å². The first-order chi connectivity index (χ1) is 12.7. The van der Waals surface area contributed by atoms with Gasteiger partial charge in [0, 0.05) is 12.5 Å². The molecule has 3 aliphatic rings. The Morgan fingerprint density at radius 1 is 1.23 bits per heavy atom. The van der Waals surface area contributed by atoms with Crippen LogP contribution in [0.5, 0.6) is 5.75 Å². The molecular formula is C21H30N2O3. The van der Waals surface area contributed by atoms with E-state index in [1.54, 1.807) is 7.11 Å². The minimum absolute atomic E-state index is 0.0673. The first kappa shape index (κ1) is 17.8. The van der Waals surface area contributed by atoms with Crippen LogP contribution in [-0.4, -0.2) is 67.2 Å². The molecule has 4 rings (SSSR count). The quantitative estimate of drug-likeness (QED) is 0.811. The van der Waals surface area contributed by atoms with Crippen molar-refractivity contribution in [2.45, 2.75) is 50.2 Å². The van der Waals surface area contributed by atoms with Crippen molar-refractivity contribution in [3.8, 4) is 5.75 Å². The molecule has 0 radical (unpaired) electrons. The van der Waals surface area contributed by atoms with Crippen LogP contribution >= 0.6 is 0 Å². The van der Waals surface area contributed by atoms with Gasteiger partial charge in [-0.05, 0) is 50.4 Å². The summed E-state index contributed by atoms with van der Waals surface area (Å²) in [4.78, 5) is 17.1. The lowest BCUT2D eigenvalue weighted by atomic mass is 9.88. The predicted molar refractivity (Wildman–Crippen MR) is 100 cm³/mol. The van der Waals surface area contributed by atoms with Crippen molar-refractivity contribution in [1.29, 1.82) is 0 Å². The first-order valence-electron chi connectivity index (χ1n) is 9.97. The lowest BCUT2D eigenvalue weighted by molar-refractivity contribution is -0.157. The van der Waals surface area contributed by atoms with Gasteiger partial charge in [-0.1, -0.05) is 24.6 Å². The zero-order chi connectivity index (χ0) is 18.0. The van der Waals surface area contributed by atoms with E-state index in [1.165, 1.54) is 32.4 Å². The highest BCUT2D eigenvalue weighted by atomic mass is 16.5. The van der Waals surface area contributed by atoms with Gasteiger partial charge >= 0.3 is 0 Å². The Morgan fingerprint density at radius 3 is 2.77 bits per heavy atom. The Morgan fingerprint density at radius 2 is 2.00 bits per heavy atom. The summed E-state index contributed by atoms with van der Waals surface area (Å²) in [6, 6.07) is 8.49. The van der Waals surface area contributed by atoms with Gasteiger partial charge in [-0.3, -0.25) is 9.69 Å². The average Bonchev–Trinajstić information content (AvgIpc) is 3.12. The number of rotatable bonds is 5. The van der Waals surface area contributed by atoms with E-state index in [0.717, 1.165) is 43.9 Å². The molecule has 142 valence electrons. The van der Waals surface area contributed by atoms with Crippen molar-refractivity contribution in [3.63, 3.8) is 0 Å². The highest BCUT2D eigenvalue weighted by Crippen LogP contribution is 2.38. The summed E-state index contributed by atoms with van der Waals surface area (Å²) in [6.45, 7) is 4.80. The largest absolute Gasteiger partial charge is 0.496 e. The molecule has 5 heteroatoms. The molecule has 0 saturated carbocycles. The molecule has 3 fully saturated rings. The SMILES string of the molecule is COc1ccccc1CCC(=O)N1CC2(CC(N3CCCCC3)CO2)C1. The fourth-order valence-electron chi connectivity index (χ4n) is 4.69. The molecule has 1 spiro atoms. The van der Waals surface area contributed by atoms with E-state index in [1.807, 2.05) is 29.2 Å². The number of methoxy groups -OCH3 is 1. The van der Waals surface area contributed by atoms with Crippen molar-refractivity contribution in [1.82, 2.24) is 9.80 Å². The summed E-state index contributed by atoms with van der Waals surface area (Å²) in [7, 11) is 1.68. The van der Waals surface area contributed by atoms with Crippen molar-refractivity contribution >= 4 is 5.91 Å². The van der Waals surface area contributed by atoms with Gasteiger partial charge in [-0.25, -0.2) is 0 Å². The second-order valence-corrected chi connectivity index (χ2v) is 8.01. The lowest BCUT2D eigenvalue weighted by Crippen LogP contribution is -2.63. The number of ether oxygens (including phenoxy) is 2. The fraction of sp³-hybridized carbons (Fsp3) is 0.667. The Balaban J connectivity index is 1.25. The summed E-state index contributed by atoms with van der Waals surface area (Å²) < 4.78 is 11.5. The molecule has 1 amide bonds. The third kappa shape index (κ3) is 3.60. The Bertz CT molecular complexity index is 636. The van der Waals surface area contributed by atoms with E-state index in [-0.39, 0.29) is 11.5 Å². The van der Waals surface area contributed by atoms with E-state index in [2.05, 4.69) is 4.90 Å². The van der Waals surface area contributed by atoms with Crippen LogP contribution in [-0.2, 0) is 16.0 Å². The van der Waals surface area contributed by atoms with Gasteiger partial charge in [0.15, 0.2) is 0 Å². The van der Waals surface area contributed by atoms with Gasteiger partial charge in [0.05, 0.1) is 26.8 Å². The molecule has 3 aliphatic heterocycles. The monoisotopic (exact) mass is 358 g/mol. The number of carbonyl (C=O) groups excluding carboxylic acids is 1. The molecule has 1 aromatic rings. The molecule has 3 heterocycles. The van der Waals surface area contributed by atoms with Crippen LogP contribution in [0, 0.1) is 0 Å². The topological polar surface area (TPSA) is 42.0 Å². The minimum atomic E-state index is -0.0673. The van der Waals surface area contributed by atoms with Crippen molar-refractivity contribution < 1.29 is 14.3 Å². The summed E-state index contributed by atoms with van der Waals surface area (Å²) in [6.07, 6.45) is 6.34. The van der Waals surface area contributed by atoms with Crippen LogP contribution < -0.4 is 4.74 Å². The summed E-state index contributed by atoms with van der Waals surface area (Å²) >= 11 is 0. The number of carbonyl (C=O) groups is 1. The molecule has 0 bridgehead atoms. The van der Waals surface area contributed by atoms with Gasteiger partial charge < -0.3 is 14.4 Å². The highest BCUT2D eigenvalue weighted by molar-refractivity contribution is 5.77. The maximum absolute atomic E-state index is 12.5. The third-order valence-corrected chi connectivity index (χ3v) is 6.21. The standard InChI is InChI=1S/C21H30N2O3/c1-25-19-8-4-3-7-17(19)9-10-20(24)23-15-21(16-23)13-18(14-26-21)22-11-5-2-6-12-22/h3-4,7-8,18H,2,5-6,9-16H2,1H3. The van der Waals surface area contributed by atoms with Crippen LogP contribution in [0.3, 0.4) is 0 Å². The third-order valence-electron chi connectivity index (χ3n) is 6.21. The number of benzene rings is 1. The predicted octanol–water partition coefficient (Wildman–Crippen LogP) is 2.48. The van der Waals surface area contributed by atoms with Gasteiger partial charge in [-0.2, -0.15) is 0 Å². The van der Waals surface area contributed by atoms with E-state index in [4.69, 9.17) is 9.47 Å². The minimum Gasteiger partial charge on any atom is -0.496 e. The summed E-state index contributed by atoms with van der Waals surface area (Å²) in [5, 5.41) is 0. The van der Waals surface area contributed by atoms with E-state index in [9.17, 15) is 4.79 Å². The number of hydrogen-bond donors (Lipinski definition) is 0. The zero-order valence-electron chi connectivity index (χ0n) is 15.8. The average molecular weight is 358 g/mol. The first-order valence-corrected chi connectivity index (χ1v) is 9.97.